The van der Waals surface area contributed by atoms with Gasteiger partial charge in [-0.05, 0) is 49.4 Å². The van der Waals surface area contributed by atoms with Crippen molar-refractivity contribution in [3.8, 4) is 0 Å². The van der Waals surface area contributed by atoms with Crippen LogP contribution in [0.3, 0.4) is 0 Å². The van der Waals surface area contributed by atoms with Crippen LogP contribution >= 0.6 is 11.6 Å². The number of hydrogen-bond donors (Lipinski definition) is 2. The quantitative estimate of drug-likeness (QED) is 0.830. The summed E-state index contributed by atoms with van der Waals surface area (Å²) in [5.74, 6) is -0.645. The van der Waals surface area contributed by atoms with Gasteiger partial charge in [-0.25, -0.2) is 9.37 Å². The monoisotopic (exact) mass is 349 g/mol. The largest absolute Gasteiger partial charge is 0.365 e. The van der Waals surface area contributed by atoms with E-state index in [4.69, 9.17) is 11.6 Å². The molecule has 3 rings (SSSR count). The van der Waals surface area contributed by atoms with Crippen molar-refractivity contribution in [1.29, 1.82) is 0 Å². The van der Waals surface area contributed by atoms with E-state index >= 15 is 0 Å². The van der Waals surface area contributed by atoms with E-state index in [-0.39, 0.29) is 29.1 Å². The summed E-state index contributed by atoms with van der Waals surface area (Å²) in [6.45, 7) is 0. The van der Waals surface area contributed by atoms with Gasteiger partial charge in [0.05, 0.1) is 6.20 Å². The Labute approximate surface area is 143 Å². The van der Waals surface area contributed by atoms with Gasteiger partial charge in [0.15, 0.2) is 11.6 Å². The second kappa shape index (κ2) is 7.53. The Morgan fingerprint density at radius 3 is 2.88 bits per heavy atom. The fraction of sp³-hybridized carbons (Fsp3) is 0.375. The summed E-state index contributed by atoms with van der Waals surface area (Å²) in [6, 6.07) is 5.22. The minimum atomic E-state index is -0.543. The number of carbonyl (C=O) groups excluding carboxylic acids is 1. The van der Waals surface area contributed by atoms with Gasteiger partial charge in [0.2, 0.25) is 5.28 Å². The third kappa shape index (κ3) is 4.17. The van der Waals surface area contributed by atoms with Gasteiger partial charge in [-0.3, -0.25) is 9.78 Å². The van der Waals surface area contributed by atoms with Gasteiger partial charge in [-0.2, -0.15) is 4.98 Å². The molecule has 1 saturated carbocycles. The van der Waals surface area contributed by atoms with E-state index in [0.717, 1.165) is 25.5 Å². The Morgan fingerprint density at radius 2 is 2.08 bits per heavy atom. The molecule has 0 saturated heterocycles. The molecule has 1 unspecified atom stereocenters. The molecule has 1 amide bonds. The van der Waals surface area contributed by atoms with Crippen LogP contribution in [0.1, 0.15) is 36.2 Å². The third-order valence-electron chi connectivity index (χ3n) is 3.96. The van der Waals surface area contributed by atoms with Gasteiger partial charge in [0, 0.05) is 18.3 Å². The summed E-state index contributed by atoms with van der Waals surface area (Å²) in [6.07, 6.45) is 5.98. The van der Waals surface area contributed by atoms with E-state index in [0.29, 0.717) is 12.1 Å². The number of amides is 1. The molecular formula is C16H17ClFN5O. The molecule has 6 nitrogen and oxygen atoms in total. The first-order valence-corrected chi connectivity index (χ1v) is 8.16. The highest BCUT2D eigenvalue weighted by atomic mass is 35.5. The van der Waals surface area contributed by atoms with Crippen molar-refractivity contribution in [3.63, 3.8) is 0 Å². The summed E-state index contributed by atoms with van der Waals surface area (Å²) in [7, 11) is 0. The van der Waals surface area contributed by atoms with Crippen LogP contribution in [0.15, 0.2) is 30.6 Å². The lowest BCUT2D eigenvalue weighted by molar-refractivity contribution is 0.0921. The number of hydrogen-bond acceptors (Lipinski definition) is 5. The van der Waals surface area contributed by atoms with Crippen molar-refractivity contribution in [2.24, 2.45) is 0 Å². The molecule has 0 spiro atoms. The van der Waals surface area contributed by atoms with Gasteiger partial charge in [-0.15, -0.1) is 0 Å². The molecule has 2 heterocycles. The predicted molar refractivity (Wildman–Crippen MR) is 88.4 cm³/mol. The average molecular weight is 350 g/mol. The number of anilines is 1. The number of pyridine rings is 1. The van der Waals surface area contributed by atoms with E-state index in [9.17, 15) is 9.18 Å². The molecule has 24 heavy (non-hydrogen) atoms. The van der Waals surface area contributed by atoms with E-state index in [1.54, 1.807) is 24.4 Å². The highest BCUT2D eigenvalue weighted by molar-refractivity contribution is 6.28. The molecule has 1 fully saturated rings. The molecule has 2 N–H and O–H groups in total. The molecule has 2 aromatic heterocycles. The normalized spacial score (nSPS) is 20.4. The summed E-state index contributed by atoms with van der Waals surface area (Å²) in [5, 5.41) is 6.03. The smallest absolute Gasteiger partial charge is 0.270 e. The molecule has 1 aliphatic rings. The molecule has 2 atom stereocenters. The Kier molecular flexibility index (Phi) is 5.20. The molecule has 0 radical (unpaired) electrons. The first-order chi connectivity index (χ1) is 11.6. The van der Waals surface area contributed by atoms with E-state index in [1.807, 2.05) is 0 Å². The molecule has 126 valence electrons. The van der Waals surface area contributed by atoms with Crippen molar-refractivity contribution in [1.82, 2.24) is 20.3 Å². The average Bonchev–Trinajstić information content (AvgIpc) is 2.59. The van der Waals surface area contributed by atoms with Crippen molar-refractivity contribution in [2.45, 2.75) is 37.8 Å². The predicted octanol–water partition coefficient (Wildman–Crippen LogP) is 2.82. The molecule has 8 heteroatoms. The zero-order chi connectivity index (χ0) is 16.9. The lowest BCUT2D eigenvalue weighted by Crippen LogP contribution is -2.42. The summed E-state index contributed by atoms with van der Waals surface area (Å²) < 4.78 is 13.7. The topological polar surface area (TPSA) is 79.8 Å². The summed E-state index contributed by atoms with van der Waals surface area (Å²) in [5.41, 5.74) is 0.390. The van der Waals surface area contributed by atoms with Gasteiger partial charge < -0.3 is 10.6 Å². The molecule has 0 bridgehead atoms. The third-order valence-corrected chi connectivity index (χ3v) is 4.14. The van der Waals surface area contributed by atoms with Crippen LogP contribution in [0.25, 0.3) is 0 Å². The number of halogens is 2. The second-order valence-corrected chi connectivity index (χ2v) is 6.07. The minimum absolute atomic E-state index is 0.00489. The van der Waals surface area contributed by atoms with E-state index in [2.05, 4.69) is 25.6 Å². The SMILES string of the molecule is O=C(N[C@H]1CCCC(Nc2nc(Cl)ncc2F)C1)c1ccccn1. The fourth-order valence-corrected chi connectivity index (χ4v) is 2.98. The number of rotatable bonds is 4. The van der Waals surface area contributed by atoms with Gasteiger partial charge in [0.25, 0.3) is 5.91 Å². The number of carbonyl (C=O) groups is 1. The number of nitrogens with one attached hydrogen (secondary N) is 2. The van der Waals surface area contributed by atoms with Crippen molar-refractivity contribution in [3.05, 3.63) is 47.4 Å². The summed E-state index contributed by atoms with van der Waals surface area (Å²) in [4.78, 5) is 23.7. The maximum Gasteiger partial charge on any atom is 0.270 e. The summed E-state index contributed by atoms with van der Waals surface area (Å²) >= 11 is 5.71. The Balaban J connectivity index is 1.60. The number of aromatic nitrogens is 3. The van der Waals surface area contributed by atoms with Crippen LogP contribution in [0.4, 0.5) is 10.2 Å². The van der Waals surface area contributed by atoms with Crippen LogP contribution in [0.2, 0.25) is 5.28 Å². The Hall–Kier alpha value is -2.28. The first kappa shape index (κ1) is 16.6. The van der Waals surface area contributed by atoms with Crippen LogP contribution < -0.4 is 10.6 Å². The molecule has 0 aliphatic heterocycles. The Bertz CT molecular complexity index is 715. The molecule has 0 aromatic carbocycles. The van der Waals surface area contributed by atoms with Crippen molar-refractivity contribution >= 4 is 23.3 Å². The van der Waals surface area contributed by atoms with Gasteiger partial charge >= 0.3 is 0 Å². The fourth-order valence-electron chi connectivity index (χ4n) is 2.85. The second-order valence-electron chi connectivity index (χ2n) is 5.73. The van der Waals surface area contributed by atoms with Gasteiger partial charge in [-0.1, -0.05) is 6.07 Å². The zero-order valence-corrected chi connectivity index (χ0v) is 13.6. The highest BCUT2D eigenvalue weighted by Gasteiger charge is 2.25. The van der Waals surface area contributed by atoms with E-state index < -0.39 is 5.82 Å². The standard InChI is InChI=1S/C16H17ClFN5O/c17-16-20-9-12(18)14(23-16)21-10-4-3-5-11(8-10)22-15(24)13-6-1-2-7-19-13/h1-2,6-7,9-11H,3-5,8H2,(H,22,24)(H,20,21,23)/t10?,11-/m0/s1. The maximum absolute atomic E-state index is 13.7. The maximum atomic E-state index is 13.7. The molecule has 2 aromatic rings. The van der Waals surface area contributed by atoms with Gasteiger partial charge in [0.1, 0.15) is 5.69 Å². The molecule has 1 aliphatic carbocycles. The highest BCUT2D eigenvalue weighted by Crippen LogP contribution is 2.23. The lowest BCUT2D eigenvalue weighted by atomic mass is 9.91. The van der Waals surface area contributed by atoms with Crippen molar-refractivity contribution in [2.75, 3.05) is 5.32 Å². The van der Waals surface area contributed by atoms with Crippen LogP contribution in [-0.4, -0.2) is 32.9 Å². The van der Waals surface area contributed by atoms with Crippen molar-refractivity contribution < 1.29 is 9.18 Å². The Morgan fingerprint density at radius 1 is 1.25 bits per heavy atom. The van der Waals surface area contributed by atoms with Crippen LogP contribution in [-0.2, 0) is 0 Å². The van der Waals surface area contributed by atoms with Crippen LogP contribution in [0.5, 0.6) is 0 Å². The van der Waals surface area contributed by atoms with E-state index in [1.165, 1.54) is 0 Å². The lowest BCUT2D eigenvalue weighted by Gasteiger charge is -2.30. The number of nitrogens with zero attached hydrogens (tertiary/aromatic N) is 3. The minimum Gasteiger partial charge on any atom is -0.365 e. The molecular weight excluding hydrogens is 333 g/mol. The zero-order valence-electron chi connectivity index (χ0n) is 12.9. The van der Waals surface area contributed by atoms with Crippen LogP contribution in [0, 0.1) is 5.82 Å². The first-order valence-electron chi connectivity index (χ1n) is 7.78.